The molecule has 1 heterocycles. The van der Waals surface area contributed by atoms with Gasteiger partial charge in [-0.15, -0.1) is 10.2 Å². The Bertz CT molecular complexity index is 951. The minimum Gasteiger partial charge on any atom is -0.496 e. The van der Waals surface area contributed by atoms with E-state index in [9.17, 15) is 15.0 Å². The number of ether oxygens (including phenoxy) is 1. The summed E-state index contributed by atoms with van der Waals surface area (Å²) in [4.78, 5) is 11.4. The average Bonchev–Trinajstić information content (AvgIpc) is 3.11. The molecular formula is C20H20N2O5. The number of hydrogen-bond donors (Lipinski definition) is 2. The summed E-state index contributed by atoms with van der Waals surface area (Å²) < 4.78 is 10.9. The smallest absolute Gasteiger partial charge is 0.304 e. The molecule has 0 fully saturated rings. The summed E-state index contributed by atoms with van der Waals surface area (Å²) in [6, 6.07) is 12.9. The van der Waals surface area contributed by atoms with Crippen molar-refractivity contribution >= 4 is 5.97 Å². The third kappa shape index (κ3) is 4.15. The van der Waals surface area contributed by atoms with Crippen molar-refractivity contribution in [3.63, 3.8) is 0 Å². The number of hydrogen-bond acceptors (Lipinski definition) is 6. The first-order valence-electron chi connectivity index (χ1n) is 8.41. The molecule has 0 saturated carbocycles. The maximum Gasteiger partial charge on any atom is 0.304 e. The summed E-state index contributed by atoms with van der Waals surface area (Å²) in [6.45, 7) is 1.58. The van der Waals surface area contributed by atoms with Crippen LogP contribution in [0.25, 0.3) is 11.1 Å². The summed E-state index contributed by atoms with van der Waals surface area (Å²) in [5, 5.41) is 26.6. The molecule has 0 amide bonds. The van der Waals surface area contributed by atoms with Gasteiger partial charge in [-0.3, -0.25) is 4.79 Å². The summed E-state index contributed by atoms with van der Waals surface area (Å²) >= 11 is 0. The molecule has 1 unspecified atom stereocenters. The Morgan fingerprint density at radius 3 is 2.67 bits per heavy atom. The fourth-order valence-corrected chi connectivity index (χ4v) is 2.98. The highest BCUT2D eigenvalue weighted by Crippen LogP contribution is 2.35. The van der Waals surface area contributed by atoms with Gasteiger partial charge in [-0.1, -0.05) is 30.3 Å². The lowest BCUT2D eigenvalue weighted by Gasteiger charge is -2.15. The Labute approximate surface area is 156 Å². The van der Waals surface area contributed by atoms with Crippen LogP contribution in [0.15, 0.2) is 46.9 Å². The molecular weight excluding hydrogens is 348 g/mol. The lowest BCUT2D eigenvalue weighted by molar-refractivity contribution is -0.137. The van der Waals surface area contributed by atoms with Gasteiger partial charge >= 0.3 is 5.97 Å². The van der Waals surface area contributed by atoms with Crippen molar-refractivity contribution in [3.8, 4) is 16.9 Å². The van der Waals surface area contributed by atoms with Crippen LogP contribution in [0.3, 0.4) is 0 Å². The van der Waals surface area contributed by atoms with E-state index in [0.29, 0.717) is 11.6 Å². The van der Waals surface area contributed by atoms with E-state index in [4.69, 9.17) is 9.15 Å². The van der Waals surface area contributed by atoms with Crippen molar-refractivity contribution in [2.75, 3.05) is 7.11 Å². The number of rotatable bonds is 7. The van der Waals surface area contributed by atoms with Gasteiger partial charge in [-0.2, -0.15) is 0 Å². The van der Waals surface area contributed by atoms with E-state index < -0.39 is 11.9 Å². The fraction of sp³-hybridized carbons (Fsp3) is 0.250. The van der Waals surface area contributed by atoms with E-state index in [1.54, 1.807) is 26.2 Å². The fourth-order valence-electron chi connectivity index (χ4n) is 2.98. The van der Waals surface area contributed by atoms with E-state index in [0.717, 1.165) is 22.3 Å². The van der Waals surface area contributed by atoms with Gasteiger partial charge in [0.25, 0.3) is 0 Å². The van der Waals surface area contributed by atoms with Gasteiger partial charge in [-0.25, -0.2) is 0 Å². The third-order valence-electron chi connectivity index (χ3n) is 4.26. The zero-order valence-electron chi connectivity index (χ0n) is 15.0. The van der Waals surface area contributed by atoms with Crippen LogP contribution in [0.1, 0.15) is 35.2 Å². The number of carbonyl (C=O) groups is 1. The van der Waals surface area contributed by atoms with Crippen molar-refractivity contribution in [2.45, 2.75) is 25.9 Å². The molecule has 3 rings (SSSR count). The van der Waals surface area contributed by atoms with Gasteiger partial charge in [-0.05, 0) is 28.8 Å². The minimum atomic E-state index is -0.957. The number of methoxy groups -OCH3 is 1. The number of aliphatic hydroxyl groups is 1. The maximum atomic E-state index is 11.4. The van der Waals surface area contributed by atoms with Crippen LogP contribution in [0, 0.1) is 6.92 Å². The summed E-state index contributed by atoms with van der Waals surface area (Å²) in [5.74, 6) is -0.207. The Morgan fingerprint density at radius 1 is 1.22 bits per heavy atom. The van der Waals surface area contributed by atoms with Crippen LogP contribution >= 0.6 is 0 Å². The van der Waals surface area contributed by atoms with E-state index in [2.05, 4.69) is 10.2 Å². The van der Waals surface area contributed by atoms with E-state index in [-0.39, 0.29) is 18.9 Å². The molecule has 2 N–H and O–H groups in total. The van der Waals surface area contributed by atoms with Crippen molar-refractivity contribution in [1.82, 2.24) is 10.2 Å². The Kier molecular flexibility index (Phi) is 5.52. The van der Waals surface area contributed by atoms with Crippen LogP contribution in [0.2, 0.25) is 0 Å². The highest BCUT2D eigenvalue weighted by atomic mass is 16.5. The Morgan fingerprint density at radius 2 is 2.04 bits per heavy atom. The first-order valence-corrected chi connectivity index (χ1v) is 8.41. The molecule has 1 atom stereocenters. The number of nitrogens with zero attached hydrogens (tertiary/aromatic N) is 2. The SMILES string of the molecule is COc1ccc(CO)cc1-c1cccc(C(CC(=O)O)c2nnc(C)o2)c1. The lowest BCUT2D eigenvalue weighted by Crippen LogP contribution is -2.08. The molecule has 140 valence electrons. The van der Waals surface area contributed by atoms with Crippen LogP contribution in [0.4, 0.5) is 0 Å². The average molecular weight is 368 g/mol. The highest BCUT2D eigenvalue weighted by Gasteiger charge is 2.24. The summed E-state index contributed by atoms with van der Waals surface area (Å²) in [6.07, 6.45) is -0.168. The van der Waals surface area contributed by atoms with Crippen molar-refractivity contribution in [1.29, 1.82) is 0 Å². The van der Waals surface area contributed by atoms with Crippen molar-refractivity contribution < 1.29 is 24.2 Å². The molecule has 0 bridgehead atoms. The number of aliphatic hydroxyl groups excluding tert-OH is 1. The van der Waals surface area contributed by atoms with Gasteiger partial charge in [0, 0.05) is 12.5 Å². The summed E-state index contributed by atoms with van der Waals surface area (Å²) in [7, 11) is 1.58. The lowest BCUT2D eigenvalue weighted by atomic mass is 9.92. The zero-order chi connectivity index (χ0) is 19.4. The van der Waals surface area contributed by atoms with E-state index >= 15 is 0 Å². The van der Waals surface area contributed by atoms with Crippen molar-refractivity contribution in [2.24, 2.45) is 0 Å². The maximum absolute atomic E-state index is 11.4. The molecule has 0 aliphatic carbocycles. The quantitative estimate of drug-likeness (QED) is 0.660. The molecule has 7 heteroatoms. The topological polar surface area (TPSA) is 106 Å². The molecule has 0 aliphatic heterocycles. The number of carboxylic acids is 1. The van der Waals surface area contributed by atoms with Gasteiger partial charge in [0.1, 0.15) is 5.75 Å². The number of aromatic nitrogens is 2. The molecule has 0 spiro atoms. The molecule has 0 aliphatic rings. The number of benzene rings is 2. The third-order valence-corrected chi connectivity index (χ3v) is 4.26. The van der Waals surface area contributed by atoms with Crippen LogP contribution in [-0.2, 0) is 11.4 Å². The normalized spacial score (nSPS) is 12.0. The highest BCUT2D eigenvalue weighted by molar-refractivity contribution is 5.73. The van der Waals surface area contributed by atoms with Crippen LogP contribution in [-0.4, -0.2) is 33.5 Å². The zero-order valence-corrected chi connectivity index (χ0v) is 15.0. The first kappa shape index (κ1) is 18.6. The second kappa shape index (κ2) is 8.01. The van der Waals surface area contributed by atoms with Gasteiger partial charge in [0.15, 0.2) is 0 Å². The van der Waals surface area contributed by atoms with Gasteiger partial charge in [0.05, 0.1) is 26.1 Å². The standard InChI is InChI=1S/C20H20N2O5/c1-12-21-22-20(27-12)17(10-19(24)25)15-5-3-4-14(9-15)16-8-13(11-23)6-7-18(16)26-2/h3-9,17,23H,10-11H2,1-2H3,(H,24,25). The van der Waals surface area contributed by atoms with Gasteiger partial charge in [0.2, 0.25) is 11.8 Å². The second-order valence-electron chi connectivity index (χ2n) is 6.13. The van der Waals surface area contributed by atoms with E-state index in [1.165, 1.54) is 0 Å². The number of aliphatic carboxylic acids is 1. The molecule has 0 radical (unpaired) electrons. The molecule has 3 aromatic rings. The predicted octanol–water partition coefficient (Wildman–Crippen LogP) is 3.15. The molecule has 0 saturated heterocycles. The monoisotopic (exact) mass is 368 g/mol. The predicted molar refractivity (Wildman–Crippen MR) is 97.5 cm³/mol. The molecule has 27 heavy (non-hydrogen) atoms. The summed E-state index contributed by atoms with van der Waals surface area (Å²) in [5.41, 5.74) is 3.15. The van der Waals surface area contributed by atoms with Crippen molar-refractivity contribution in [3.05, 3.63) is 65.4 Å². The number of aryl methyl sites for hydroxylation is 1. The molecule has 2 aromatic carbocycles. The Balaban J connectivity index is 2.07. The first-order chi connectivity index (χ1) is 13.0. The minimum absolute atomic E-state index is 0.0837. The molecule has 1 aromatic heterocycles. The molecule has 7 nitrogen and oxygen atoms in total. The van der Waals surface area contributed by atoms with E-state index in [1.807, 2.05) is 30.3 Å². The number of carboxylic acid groups (broad SMARTS) is 1. The second-order valence-corrected chi connectivity index (χ2v) is 6.13. The van der Waals surface area contributed by atoms with Gasteiger partial charge < -0.3 is 19.4 Å². The Hall–Kier alpha value is -3.19. The largest absolute Gasteiger partial charge is 0.496 e. The van der Waals surface area contributed by atoms with Crippen LogP contribution < -0.4 is 4.74 Å². The van der Waals surface area contributed by atoms with Crippen LogP contribution in [0.5, 0.6) is 5.75 Å².